The maximum Gasteiger partial charge on any atom is 0.191 e. The van der Waals surface area contributed by atoms with Crippen LogP contribution in [0.15, 0.2) is 40.0 Å². The number of hydrogen-bond donors (Lipinski definition) is 2. The molecule has 0 fully saturated rings. The molecule has 0 bridgehead atoms. The zero-order valence-corrected chi connectivity index (χ0v) is 15.8. The van der Waals surface area contributed by atoms with Gasteiger partial charge in [0.15, 0.2) is 5.96 Å². The van der Waals surface area contributed by atoms with Crippen molar-refractivity contribution in [2.75, 3.05) is 6.54 Å². The van der Waals surface area contributed by atoms with Crippen molar-refractivity contribution in [2.45, 2.75) is 20.0 Å². The number of aliphatic imine (C=N–C) groups is 1. The third-order valence-corrected chi connectivity index (χ3v) is 3.70. The van der Waals surface area contributed by atoms with Gasteiger partial charge in [-0.2, -0.15) is 16.6 Å². The van der Waals surface area contributed by atoms with Gasteiger partial charge in [0.05, 0.1) is 18.2 Å². The lowest BCUT2D eigenvalue weighted by molar-refractivity contribution is 0.604. The van der Waals surface area contributed by atoms with Crippen LogP contribution in [0.5, 0.6) is 0 Å². The number of guanidine groups is 1. The quantitative estimate of drug-likeness (QED) is 0.421. The monoisotopic (exact) mass is 444 g/mol. The molecule has 0 radical (unpaired) electrons. The summed E-state index contributed by atoms with van der Waals surface area (Å²) in [5.41, 5.74) is 2.03. The third kappa shape index (κ3) is 6.15. The van der Waals surface area contributed by atoms with Gasteiger partial charge in [-0.3, -0.25) is 0 Å². The van der Waals surface area contributed by atoms with Crippen molar-refractivity contribution in [2.24, 2.45) is 4.99 Å². The van der Waals surface area contributed by atoms with Gasteiger partial charge in [-0.15, -0.1) is 24.0 Å². The number of hydrogen-bond acceptors (Lipinski definition) is 3. The second-order valence-electron chi connectivity index (χ2n) is 4.60. The molecule has 23 heavy (non-hydrogen) atoms. The molecule has 0 aliphatic rings. The van der Waals surface area contributed by atoms with E-state index in [0.717, 1.165) is 12.1 Å². The first-order valence-corrected chi connectivity index (χ1v) is 7.89. The normalized spacial score (nSPS) is 10.6. The van der Waals surface area contributed by atoms with Crippen molar-refractivity contribution in [3.8, 4) is 6.07 Å². The first-order chi connectivity index (χ1) is 10.7. The molecule has 0 atom stereocenters. The van der Waals surface area contributed by atoms with Crippen LogP contribution in [0.1, 0.15) is 23.6 Å². The minimum atomic E-state index is -0.333. The Morgan fingerprint density at radius 3 is 2.83 bits per heavy atom. The average molecular weight is 444 g/mol. The van der Waals surface area contributed by atoms with E-state index in [-0.39, 0.29) is 36.3 Å². The fraction of sp³-hybridized carbons (Fsp3) is 0.250. The highest BCUT2D eigenvalue weighted by molar-refractivity contribution is 14.0. The van der Waals surface area contributed by atoms with Crippen molar-refractivity contribution in [1.82, 2.24) is 10.6 Å². The van der Waals surface area contributed by atoms with Gasteiger partial charge in [0.25, 0.3) is 0 Å². The predicted octanol–water partition coefficient (Wildman–Crippen LogP) is 3.63. The molecule has 2 N–H and O–H groups in total. The van der Waals surface area contributed by atoms with E-state index in [9.17, 15) is 4.39 Å². The van der Waals surface area contributed by atoms with Gasteiger partial charge in [0.2, 0.25) is 0 Å². The minimum absolute atomic E-state index is 0. The molecule has 0 saturated heterocycles. The summed E-state index contributed by atoms with van der Waals surface area (Å²) in [5, 5.41) is 19.1. The number of thiophene rings is 1. The molecule has 0 aliphatic carbocycles. The summed E-state index contributed by atoms with van der Waals surface area (Å²) in [6.07, 6.45) is 0. The molecular formula is C16H18FIN4S. The molecule has 1 aromatic carbocycles. The Hall–Kier alpha value is -1.66. The highest BCUT2D eigenvalue weighted by Gasteiger charge is 2.05. The Kier molecular flexibility index (Phi) is 8.58. The zero-order valence-electron chi connectivity index (χ0n) is 12.7. The average Bonchev–Trinajstić information content (AvgIpc) is 3.05. The summed E-state index contributed by atoms with van der Waals surface area (Å²) in [6, 6.07) is 8.36. The molecule has 122 valence electrons. The van der Waals surface area contributed by atoms with Gasteiger partial charge in [0.1, 0.15) is 5.82 Å². The van der Waals surface area contributed by atoms with E-state index in [1.807, 2.05) is 29.8 Å². The smallest absolute Gasteiger partial charge is 0.191 e. The molecule has 0 unspecified atom stereocenters. The largest absolute Gasteiger partial charge is 0.357 e. The number of halogens is 2. The minimum Gasteiger partial charge on any atom is -0.357 e. The lowest BCUT2D eigenvalue weighted by atomic mass is 10.1. The first-order valence-electron chi connectivity index (χ1n) is 6.94. The van der Waals surface area contributed by atoms with E-state index in [2.05, 4.69) is 15.6 Å². The van der Waals surface area contributed by atoms with Crippen molar-refractivity contribution in [3.05, 3.63) is 57.5 Å². The summed E-state index contributed by atoms with van der Waals surface area (Å²) in [4.78, 5) is 4.46. The predicted molar refractivity (Wildman–Crippen MR) is 103 cm³/mol. The number of nitriles is 1. The van der Waals surface area contributed by atoms with Crippen LogP contribution in [-0.4, -0.2) is 12.5 Å². The van der Waals surface area contributed by atoms with Crippen LogP contribution in [0.4, 0.5) is 4.39 Å². The van der Waals surface area contributed by atoms with Crippen molar-refractivity contribution in [1.29, 1.82) is 5.26 Å². The van der Waals surface area contributed by atoms with Crippen LogP contribution in [0.25, 0.3) is 0 Å². The van der Waals surface area contributed by atoms with Crippen LogP contribution >= 0.6 is 35.3 Å². The molecule has 1 aromatic heterocycles. The lowest BCUT2D eigenvalue weighted by Gasteiger charge is -2.12. The summed E-state index contributed by atoms with van der Waals surface area (Å²) in [7, 11) is 0. The summed E-state index contributed by atoms with van der Waals surface area (Å²) in [5.74, 6) is 0.288. The van der Waals surface area contributed by atoms with Gasteiger partial charge in [-0.05, 0) is 47.5 Å². The van der Waals surface area contributed by atoms with Crippen molar-refractivity contribution in [3.63, 3.8) is 0 Å². The second kappa shape index (κ2) is 10.2. The Balaban J connectivity index is 0.00000264. The van der Waals surface area contributed by atoms with Gasteiger partial charge >= 0.3 is 0 Å². The highest BCUT2D eigenvalue weighted by atomic mass is 127. The highest BCUT2D eigenvalue weighted by Crippen LogP contribution is 2.10. The van der Waals surface area contributed by atoms with Crippen LogP contribution in [-0.2, 0) is 13.1 Å². The van der Waals surface area contributed by atoms with Crippen LogP contribution < -0.4 is 10.6 Å². The van der Waals surface area contributed by atoms with Gasteiger partial charge in [-0.25, -0.2) is 9.38 Å². The molecule has 4 nitrogen and oxygen atoms in total. The summed E-state index contributed by atoms with van der Waals surface area (Å²) < 4.78 is 13.7. The lowest BCUT2D eigenvalue weighted by Crippen LogP contribution is -2.37. The van der Waals surface area contributed by atoms with E-state index < -0.39 is 0 Å². The van der Waals surface area contributed by atoms with Crippen LogP contribution in [0, 0.1) is 17.1 Å². The van der Waals surface area contributed by atoms with E-state index in [1.165, 1.54) is 12.1 Å². The van der Waals surface area contributed by atoms with E-state index >= 15 is 0 Å². The molecule has 1 heterocycles. The molecule has 0 amide bonds. The van der Waals surface area contributed by atoms with Gasteiger partial charge in [-0.1, -0.05) is 0 Å². The molecular weight excluding hydrogens is 426 g/mol. The summed E-state index contributed by atoms with van der Waals surface area (Å²) in [6.45, 7) is 3.53. The maximum absolute atomic E-state index is 13.7. The zero-order chi connectivity index (χ0) is 15.8. The van der Waals surface area contributed by atoms with E-state index in [1.54, 1.807) is 17.4 Å². The maximum atomic E-state index is 13.7. The Labute approximate surface area is 156 Å². The number of benzene rings is 1. The van der Waals surface area contributed by atoms with Crippen molar-refractivity contribution >= 4 is 41.3 Å². The topological polar surface area (TPSA) is 60.2 Å². The third-order valence-electron chi connectivity index (χ3n) is 2.97. The Morgan fingerprint density at radius 2 is 2.17 bits per heavy atom. The fourth-order valence-electron chi connectivity index (χ4n) is 1.85. The Morgan fingerprint density at radius 1 is 1.35 bits per heavy atom. The fourth-order valence-corrected chi connectivity index (χ4v) is 2.51. The standard InChI is InChI=1S/C16H17FN4S.HI/c1-2-19-16(20-9-13-5-6-22-11-13)21-10-14-7-12(8-18)3-4-15(14)17;/h3-7,11H,2,9-10H2,1H3,(H2,19,20,21);1H. The SMILES string of the molecule is CCNC(=NCc1ccsc1)NCc1cc(C#N)ccc1F.I. The molecule has 7 heteroatoms. The van der Waals surface area contributed by atoms with Crippen LogP contribution in [0.3, 0.4) is 0 Å². The van der Waals surface area contributed by atoms with Gasteiger partial charge < -0.3 is 10.6 Å². The molecule has 0 aliphatic heterocycles. The van der Waals surface area contributed by atoms with E-state index in [0.29, 0.717) is 23.6 Å². The molecule has 0 spiro atoms. The first kappa shape index (κ1) is 19.4. The number of rotatable bonds is 5. The summed E-state index contributed by atoms with van der Waals surface area (Å²) >= 11 is 1.63. The van der Waals surface area contributed by atoms with Crippen LogP contribution in [0.2, 0.25) is 0 Å². The Bertz CT molecular complexity index is 680. The molecule has 2 rings (SSSR count). The number of nitrogens with one attached hydrogen (secondary N) is 2. The van der Waals surface area contributed by atoms with Crippen molar-refractivity contribution < 1.29 is 4.39 Å². The molecule has 0 saturated carbocycles. The second-order valence-corrected chi connectivity index (χ2v) is 5.38. The van der Waals surface area contributed by atoms with Gasteiger partial charge in [0, 0.05) is 18.7 Å². The number of nitrogens with zero attached hydrogens (tertiary/aromatic N) is 2. The van der Waals surface area contributed by atoms with E-state index in [4.69, 9.17) is 5.26 Å². The molecule has 2 aromatic rings.